The second-order valence-corrected chi connectivity index (χ2v) is 12.1. The molecule has 2 aliphatic rings. The van der Waals surface area contributed by atoms with Gasteiger partial charge >= 0.3 is 0 Å². The van der Waals surface area contributed by atoms with Crippen LogP contribution < -0.4 is 5.56 Å². The van der Waals surface area contributed by atoms with E-state index in [1.54, 1.807) is 18.1 Å². The molecule has 1 unspecified atom stereocenters. The molecule has 212 valence electrons. The highest BCUT2D eigenvalue weighted by Crippen LogP contribution is 2.31. The lowest BCUT2D eigenvalue weighted by Crippen LogP contribution is -2.50. The number of likely N-dealkylation sites (tertiary alicyclic amines) is 1. The average molecular weight is 536 g/mol. The summed E-state index contributed by atoms with van der Waals surface area (Å²) in [6.45, 7) is 6.98. The van der Waals surface area contributed by atoms with Gasteiger partial charge in [-0.05, 0) is 44.6 Å². The number of piperidine rings is 1. The lowest BCUT2D eigenvalue weighted by molar-refractivity contribution is -0.140. The van der Waals surface area contributed by atoms with Gasteiger partial charge in [-0.3, -0.25) is 14.4 Å². The van der Waals surface area contributed by atoms with E-state index in [0.29, 0.717) is 43.0 Å². The standard InChI is InChI=1S/C32H45N3O4/c1-23(2)33(4)31(38)28-21-35(29(36)20-27(28)26-13-9-6-10-14-26)22-32(39)15-17-34(18-16-32)30(37)24(3)19-25-11-7-5-8-12-25/h6,9-10,13-14,20-21,23-25,39H,5,7-8,11-12,15-19,22H2,1-4H3. The molecule has 7 heteroatoms. The number of hydrogen-bond acceptors (Lipinski definition) is 4. The maximum atomic E-state index is 13.4. The van der Waals surface area contributed by atoms with Crippen LogP contribution in [-0.4, -0.2) is 63.1 Å². The summed E-state index contributed by atoms with van der Waals surface area (Å²) < 4.78 is 1.47. The van der Waals surface area contributed by atoms with Crippen LogP contribution in [-0.2, 0) is 11.3 Å². The second-order valence-electron chi connectivity index (χ2n) is 12.1. The van der Waals surface area contributed by atoms with Gasteiger partial charge in [-0.2, -0.15) is 0 Å². The molecule has 2 aromatic rings. The molecule has 7 nitrogen and oxygen atoms in total. The number of hydrogen-bond donors (Lipinski definition) is 1. The van der Waals surface area contributed by atoms with Gasteiger partial charge in [-0.15, -0.1) is 0 Å². The van der Waals surface area contributed by atoms with Crippen molar-refractivity contribution in [1.82, 2.24) is 14.4 Å². The van der Waals surface area contributed by atoms with Gasteiger partial charge in [0.2, 0.25) is 5.91 Å². The summed E-state index contributed by atoms with van der Waals surface area (Å²) in [5, 5.41) is 11.5. The Kier molecular flexibility index (Phi) is 9.31. The molecule has 1 N–H and O–H groups in total. The van der Waals surface area contributed by atoms with E-state index in [2.05, 4.69) is 0 Å². The number of nitrogens with zero attached hydrogens (tertiary/aromatic N) is 3. The topological polar surface area (TPSA) is 82.8 Å². The third-order valence-electron chi connectivity index (χ3n) is 8.84. The highest BCUT2D eigenvalue weighted by atomic mass is 16.3. The fourth-order valence-corrected chi connectivity index (χ4v) is 6.10. The van der Waals surface area contributed by atoms with Gasteiger partial charge in [0.15, 0.2) is 0 Å². The van der Waals surface area contributed by atoms with Gasteiger partial charge in [0.1, 0.15) is 0 Å². The number of rotatable bonds is 8. The molecule has 1 saturated carbocycles. The van der Waals surface area contributed by atoms with E-state index >= 15 is 0 Å². The Morgan fingerprint density at radius 3 is 2.31 bits per heavy atom. The first-order chi connectivity index (χ1) is 18.6. The molecule has 0 bridgehead atoms. The number of aromatic nitrogens is 1. The number of pyridine rings is 1. The first-order valence-corrected chi connectivity index (χ1v) is 14.7. The van der Waals surface area contributed by atoms with Crippen molar-refractivity contribution < 1.29 is 14.7 Å². The zero-order valence-electron chi connectivity index (χ0n) is 24.1. The summed E-state index contributed by atoms with van der Waals surface area (Å²) in [5.41, 5.74) is 0.449. The van der Waals surface area contributed by atoms with Crippen LogP contribution in [0.15, 0.2) is 47.4 Å². The summed E-state index contributed by atoms with van der Waals surface area (Å²) in [6, 6.07) is 10.9. The minimum Gasteiger partial charge on any atom is -0.388 e. The van der Waals surface area contributed by atoms with Crippen molar-refractivity contribution in [2.45, 2.75) is 90.3 Å². The minimum atomic E-state index is -1.12. The summed E-state index contributed by atoms with van der Waals surface area (Å²) in [6.07, 6.45) is 9.67. The Hall–Kier alpha value is -2.93. The highest BCUT2D eigenvalue weighted by molar-refractivity contribution is 6.00. The first kappa shape index (κ1) is 29.1. The zero-order valence-corrected chi connectivity index (χ0v) is 24.1. The van der Waals surface area contributed by atoms with E-state index in [1.807, 2.05) is 56.0 Å². The molecule has 1 aromatic carbocycles. The fraction of sp³-hybridized carbons (Fsp3) is 0.594. The third kappa shape index (κ3) is 6.99. The maximum Gasteiger partial charge on any atom is 0.255 e. The highest BCUT2D eigenvalue weighted by Gasteiger charge is 2.36. The maximum absolute atomic E-state index is 13.4. The van der Waals surface area contributed by atoms with E-state index in [1.165, 1.54) is 42.7 Å². The molecule has 1 saturated heterocycles. The van der Waals surface area contributed by atoms with Crippen molar-refractivity contribution >= 4 is 11.8 Å². The molecule has 2 amide bonds. The van der Waals surface area contributed by atoms with Crippen LogP contribution in [0.2, 0.25) is 0 Å². The van der Waals surface area contributed by atoms with Gasteiger partial charge in [0.05, 0.1) is 17.7 Å². The Balaban J connectivity index is 1.49. The quantitative estimate of drug-likeness (QED) is 0.518. The van der Waals surface area contributed by atoms with Crippen LogP contribution in [0.25, 0.3) is 11.1 Å². The summed E-state index contributed by atoms with van der Waals surface area (Å²) >= 11 is 0. The molecule has 0 radical (unpaired) electrons. The molecule has 2 heterocycles. The SMILES string of the molecule is CC(CC1CCCCC1)C(=O)N1CCC(O)(Cn2cc(C(=O)N(C)C(C)C)c(-c3ccccc3)cc2=O)CC1. The van der Waals surface area contributed by atoms with Crippen LogP contribution in [0.1, 0.15) is 82.5 Å². The first-order valence-electron chi connectivity index (χ1n) is 14.7. The van der Waals surface area contributed by atoms with E-state index in [9.17, 15) is 19.5 Å². The Morgan fingerprint density at radius 2 is 1.69 bits per heavy atom. The van der Waals surface area contributed by atoms with E-state index in [-0.39, 0.29) is 35.9 Å². The van der Waals surface area contributed by atoms with Crippen LogP contribution in [0.5, 0.6) is 0 Å². The third-order valence-corrected chi connectivity index (χ3v) is 8.84. The minimum absolute atomic E-state index is 0.000962. The second kappa shape index (κ2) is 12.5. The van der Waals surface area contributed by atoms with Crippen LogP contribution >= 0.6 is 0 Å². The molecular formula is C32H45N3O4. The largest absolute Gasteiger partial charge is 0.388 e. The van der Waals surface area contributed by atoms with Crippen molar-refractivity contribution in [3.8, 4) is 11.1 Å². The van der Waals surface area contributed by atoms with E-state index in [4.69, 9.17) is 0 Å². The predicted molar refractivity (Wildman–Crippen MR) is 154 cm³/mol. The van der Waals surface area contributed by atoms with Crippen molar-refractivity contribution in [3.63, 3.8) is 0 Å². The summed E-state index contributed by atoms with van der Waals surface area (Å²) in [5.74, 6) is 0.657. The lowest BCUT2D eigenvalue weighted by Gasteiger charge is -2.39. The molecule has 1 aromatic heterocycles. The Labute approximate surface area is 232 Å². The fourth-order valence-electron chi connectivity index (χ4n) is 6.10. The average Bonchev–Trinajstić information content (AvgIpc) is 2.94. The van der Waals surface area contributed by atoms with Crippen LogP contribution in [0.3, 0.4) is 0 Å². The van der Waals surface area contributed by atoms with E-state index in [0.717, 1.165) is 12.0 Å². The van der Waals surface area contributed by atoms with Gasteiger partial charge in [-0.25, -0.2) is 0 Å². The Morgan fingerprint density at radius 1 is 1.05 bits per heavy atom. The van der Waals surface area contributed by atoms with Crippen molar-refractivity contribution in [2.75, 3.05) is 20.1 Å². The normalized spacial score (nSPS) is 18.7. The van der Waals surface area contributed by atoms with Gasteiger partial charge < -0.3 is 19.5 Å². The Bertz CT molecular complexity index is 1190. The zero-order chi connectivity index (χ0) is 28.2. The number of benzene rings is 1. The van der Waals surface area contributed by atoms with Crippen molar-refractivity contribution in [1.29, 1.82) is 0 Å². The van der Waals surface area contributed by atoms with Crippen molar-refractivity contribution in [3.05, 3.63) is 58.5 Å². The lowest BCUT2D eigenvalue weighted by atomic mass is 9.82. The smallest absolute Gasteiger partial charge is 0.255 e. The number of carbonyl (C=O) groups excluding carboxylic acids is 2. The monoisotopic (exact) mass is 535 g/mol. The number of aliphatic hydroxyl groups is 1. The molecule has 4 rings (SSSR count). The molecule has 0 spiro atoms. The molecular weight excluding hydrogens is 490 g/mol. The molecule has 2 fully saturated rings. The molecule has 1 aliphatic heterocycles. The number of carbonyl (C=O) groups is 2. The summed E-state index contributed by atoms with van der Waals surface area (Å²) in [7, 11) is 1.76. The summed E-state index contributed by atoms with van der Waals surface area (Å²) in [4.78, 5) is 43.4. The molecule has 1 aliphatic carbocycles. The van der Waals surface area contributed by atoms with Gasteiger partial charge in [0.25, 0.3) is 11.5 Å². The van der Waals surface area contributed by atoms with Crippen LogP contribution in [0.4, 0.5) is 0 Å². The van der Waals surface area contributed by atoms with E-state index < -0.39 is 5.60 Å². The van der Waals surface area contributed by atoms with Gasteiger partial charge in [0, 0.05) is 49.9 Å². The predicted octanol–water partition coefficient (Wildman–Crippen LogP) is 4.96. The van der Waals surface area contributed by atoms with Crippen molar-refractivity contribution in [2.24, 2.45) is 11.8 Å². The molecule has 1 atom stereocenters. The van der Waals surface area contributed by atoms with Crippen LogP contribution in [0, 0.1) is 11.8 Å². The molecule has 39 heavy (non-hydrogen) atoms. The van der Waals surface area contributed by atoms with Gasteiger partial charge in [-0.1, -0.05) is 69.4 Å². The number of amides is 2.